The van der Waals surface area contributed by atoms with Crippen LogP contribution >= 0.6 is 0 Å². The summed E-state index contributed by atoms with van der Waals surface area (Å²) in [5.41, 5.74) is 4.57. The summed E-state index contributed by atoms with van der Waals surface area (Å²) < 4.78 is 23.6. The van der Waals surface area contributed by atoms with Crippen molar-refractivity contribution < 1.29 is 8.78 Å². The third-order valence-electron chi connectivity index (χ3n) is 0.625. The monoisotopic (exact) mass is 131 g/mol. The molecule has 0 aliphatic rings. The molecule has 3 heteroatoms. The van der Waals surface area contributed by atoms with Crippen molar-refractivity contribution in [1.82, 2.24) is 0 Å². The molecule has 50 valence electrons. The second-order valence-corrected chi connectivity index (χ2v) is 1.45. The molecule has 0 aliphatic carbocycles. The van der Waals surface area contributed by atoms with Gasteiger partial charge in [0.15, 0.2) is 0 Å². The zero-order valence-corrected chi connectivity index (χ0v) is 4.82. The van der Waals surface area contributed by atoms with Crippen molar-refractivity contribution >= 4 is 0 Å². The summed E-state index contributed by atoms with van der Waals surface area (Å²) in [6.45, 7) is 5.69. The van der Waals surface area contributed by atoms with Crippen LogP contribution in [0.5, 0.6) is 0 Å². The van der Waals surface area contributed by atoms with Crippen molar-refractivity contribution in [1.29, 1.82) is 0 Å². The molecule has 0 rings (SSSR count). The Kier molecular flexibility index (Phi) is 2.64. The molecule has 0 aromatic rings. The molecule has 0 saturated heterocycles. The first kappa shape index (κ1) is 7.88. The molecular weight excluding hydrogens is 124 g/mol. The minimum atomic E-state index is -0.853. The summed E-state index contributed by atoms with van der Waals surface area (Å²) in [6.07, 6.45) is 0.766. The van der Waals surface area contributed by atoms with Gasteiger partial charge in [-0.25, -0.2) is 8.78 Å². The fraction of sp³-hybridized carbons (Fsp3) is 0. The van der Waals surface area contributed by atoms with E-state index in [4.69, 9.17) is 5.73 Å². The molecule has 0 aromatic carbocycles. The highest BCUT2D eigenvalue weighted by Crippen LogP contribution is 2.05. The molecule has 0 radical (unpaired) electrons. The first-order valence-electron chi connectivity index (χ1n) is 2.20. The number of hydrogen-bond donors (Lipinski definition) is 1. The molecule has 0 aromatic heterocycles. The third kappa shape index (κ3) is 3.46. The van der Waals surface area contributed by atoms with Gasteiger partial charge in [0, 0.05) is 0 Å². The summed E-state index contributed by atoms with van der Waals surface area (Å²) in [5, 5.41) is 0. The Morgan fingerprint density at radius 1 is 1.33 bits per heavy atom. The molecule has 0 fully saturated rings. The lowest BCUT2D eigenvalue weighted by molar-refractivity contribution is 0.641. The molecule has 1 nitrogen and oxygen atoms in total. The van der Waals surface area contributed by atoms with Crippen molar-refractivity contribution in [3.05, 3.63) is 36.6 Å². The van der Waals surface area contributed by atoms with Crippen LogP contribution in [0.15, 0.2) is 36.6 Å². The van der Waals surface area contributed by atoms with Crippen molar-refractivity contribution in [3.63, 3.8) is 0 Å². The Morgan fingerprint density at radius 2 is 1.78 bits per heavy atom. The molecule has 9 heavy (non-hydrogen) atoms. The van der Waals surface area contributed by atoms with E-state index in [9.17, 15) is 8.78 Å². The van der Waals surface area contributed by atoms with Gasteiger partial charge in [0.2, 0.25) is 0 Å². The Hall–Kier alpha value is -1.12. The minimum Gasteiger partial charge on any atom is -0.396 e. The maximum Gasteiger partial charge on any atom is 0.139 e. The van der Waals surface area contributed by atoms with Crippen LogP contribution in [0.4, 0.5) is 8.78 Å². The van der Waals surface area contributed by atoms with E-state index in [0.29, 0.717) is 0 Å². The summed E-state index contributed by atoms with van der Waals surface area (Å²) >= 11 is 0. The van der Waals surface area contributed by atoms with E-state index < -0.39 is 11.7 Å². The standard InChI is InChI=1S/C6H7F2N/c1-4(7)3-6(9)5(2)8/h3H,1-2,9H2/b6-3+. The Balaban J connectivity index is 4.17. The predicted molar refractivity (Wildman–Crippen MR) is 32.8 cm³/mol. The summed E-state index contributed by atoms with van der Waals surface area (Å²) in [4.78, 5) is 0. The van der Waals surface area contributed by atoms with E-state index in [0.717, 1.165) is 6.08 Å². The molecule has 0 bridgehead atoms. The number of rotatable bonds is 2. The van der Waals surface area contributed by atoms with Gasteiger partial charge in [0.05, 0.1) is 5.70 Å². The first-order chi connectivity index (χ1) is 4.04. The van der Waals surface area contributed by atoms with Gasteiger partial charge < -0.3 is 5.73 Å². The highest BCUT2D eigenvalue weighted by molar-refractivity contribution is 5.25. The molecule has 0 heterocycles. The predicted octanol–water partition coefficient (Wildman–Crippen LogP) is 1.80. The van der Waals surface area contributed by atoms with Crippen molar-refractivity contribution in [2.24, 2.45) is 5.73 Å². The van der Waals surface area contributed by atoms with E-state index in [1.165, 1.54) is 0 Å². The van der Waals surface area contributed by atoms with Crippen LogP contribution in [-0.2, 0) is 0 Å². The summed E-state index contributed by atoms with van der Waals surface area (Å²) in [7, 11) is 0. The second kappa shape index (κ2) is 3.02. The van der Waals surface area contributed by atoms with Crippen LogP contribution in [0.3, 0.4) is 0 Å². The molecule has 0 unspecified atom stereocenters. The van der Waals surface area contributed by atoms with Crippen molar-refractivity contribution in [2.75, 3.05) is 0 Å². The maximum absolute atomic E-state index is 11.9. The van der Waals surface area contributed by atoms with Gasteiger partial charge in [-0.15, -0.1) is 0 Å². The van der Waals surface area contributed by atoms with Crippen LogP contribution < -0.4 is 5.73 Å². The zero-order chi connectivity index (χ0) is 7.44. The van der Waals surface area contributed by atoms with Gasteiger partial charge in [-0.2, -0.15) is 0 Å². The molecule has 2 N–H and O–H groups in total. The molecular formula is C6H7F2N. The topological polar surface area (TPSA) is 26.0 Å². The normalized spacial score (nSPS) is 11.1. The highest BCUT2D eigenvalue weighted by atomic mass is 19.1. The third-order valence-corrected chi connectivity index (χ3v) is 0.625. The van der Waals surface area contributed by atoms with E-state index in [-0.39, 0.29) is 5.70 Å². The van der Waals surface area contributed by atoms with Crippen LogP contribution in [0.1, 0.15) is 0 Å². The van der Waals surface area contributed by atoms with E-state index in [2.05, 4.69) is 13.2 Å². The fourth-order valence-electron chi connectivity index (χ4n) is 0.247. The van der Waals surface area contributed by atoms with Gasteiger partial charge in [-0.05, 0) is 6.08 Å². The number of halogens is 2. The van der Waals surface area contributed by atoms with Crippen LogP contribution in [-0.4, -0.2) is 0 Å². The lowest BCUT2D eigenvalue weighted by Crippen LogP contribution is -1.95. The van der Waals surface area contributed by atoms with Gasteiger partial charge in [-0.1, -0.05) is 13.2 Å². The quantitative estimate of drug-likeness (QED) is 0.568. The van der Waals surface area contributed by atoms with Crippen LogP contribution in [0, 0.1) is 0 Å². The number of allylic oxidation sites excluding steroid dienone is 3. The molecule has 0 aliphatic heterocycles. The fourth-order valence-corrected chi connectivity index (χ4v) is 0.247. The second-order valence-electron chi connectivity index (χ2n) is 1.45. The maximum atomic E-state index is 11.9. The molecule has 0 saturated carbocycles. The Labute approximate surface area is 52.2 Å². The zero-order valence-electron chi connectivity index (χ0n) is 4.82. The van der Waals surface area contributed by atoms with Gasteiger partial charge >= 0.3 is 0 Å². The average molecular weight is 131 g/mol. The van der Waals surface area contributed by atoms with Crippen molar-refractivity contribution in [3.8, 4) is 0 Å². The first-order valence-corrected chi connectivity index (χ1v) is 2.20. The lowest BCUT2D eigenvalue weighted by Gasteiger charge is -1.91. The highest BCUT2D eigenvalue weighted by Gasteiger charge is 1.93. The molecule has 0 spiro atoms. The number of hydrogen-bond acceptors (Lipinski definition) is 1. The van der Waals surface area contributed by atoms with Gasteiger partial charge in [0.1, 0.15) is 11.7 Å². The summed E-state index contributed by atoms with van der Waals surface area (Å²) in [5.74, 6) is -1.64. The van der Waals surface area contributed by atoms with Gasteiger partial charge in [0.25, 0.3) is 0 Å². The van der Waals surface area contributed by atoms with E-state index in [1.54, 1.807) is 0 Å². The van der Waals surface area contributed by atoms with Gasteiger partial charge in [-0.3, -0.25) is 0 Å². The average Bonchev–Trinajstić information content (AvgIpc) is 1.63. The largest absolute Gasteiger partial charge is 0.396 e. The molecule has 0 amide bonds. The van der Waals surface area contributed by atoms with Crippen LogP contribution in [0.25, 0.3) is 0 Å². The SMILES string of the molecule is C=C(F)/C=C(/N)C(=C)F. The molecule has 0 atom stereocenters. The van der Waals surface area contributed by atoms with Crippen LogP contribution in [0.2, 0.25) is 0 Å². The van der Waals surface area contributed by atoms with E-state index >= 15 is 0 Å². The number of nitrogens with two attached hydrogens (primary N) is 1. The lowest BCUT2D eigenvalue weighted by atomic mass is 10.4. The smallest absolute Gasteiger partial charge is 0.139 e. The van der Waals surface area contributed by atoms with Crippen molar-refractivity contribution in [2.45, 2.75) is 0 Å². The van der Waals surface area contributed by atoms with E-state index in [1.807, 2.05) is 0 Å². The summed E-state index contributed by atoms with van der Waals surface area (Å²) in [6, 6.07) is 0. The Morgan fingerprint density at radius 3 is 1.89 bits per heavy atom. The Bertz CT molecular complexity index is 170. The minimum absolute atomic E-state index is 0.331.